The van der Waals surface area contributed by atoms with Crippen molar-refractivity contribution in [3.63, 3.8) is 0 Å². The molecule has 0 aliphatic carbocycles. The van der Waals surface area contributed by atoms with Crippen LogP contribution < -0.4 is 10.5 Å². The highest BCUT2D eigenvalue weighted by molar-refractivity contribution is 7.08. The van der Waals surface area contributed by atoms with Gasteiger partial charge in [-0.15, -0.1) is 0 Å². The number of anilines is 1. The molecule has 0 atom stereocenters. The van der Waals surface area contributed by atoms with Crippen molar-refractivity contribution in [1.29, 1.82) is 0 Å². The minimum atomic E-state index is 0.238. The van der Waals surface area contributed by atoms with Crippen molar-refractivity contribution in [3.8, 4) is 17.1 Å². The number of rotatable bonds is 4. The lowest BCUT2D eigenvalue weighted by Crippen LogP contribution is -1.98. The van der Waals surface area contributed by atoms with E-state index >= 15 is 0 Å². The molecule has 3 aromatic rings. The van der Waals surface area contributed by atoms with E-state index < -0.39 is 0 Å². The van der Waals surface area contributed by atoms with Gasteiger partial charge in [0.05, 0.1) is 0 Å². The first-order chi connectivity index (χ1) is 9.72. The monoisotopic (exact) mass is 287 g/mol. The van der Waals surface area contributed by atoms with Crippen LogP contribution >= 0.6 is 11.3 Å². The van der Waals surface area contributed by atoms with E-state index in [1.807, 2.05) is 35.9 Å². The van der Waals surface area contributed by atoms with Gasteiger partial charge in [-0.3, -0.25) is 0 Å². The van der Waals surface area contributed by atoms with E-state index in [2.05, 4.69) is 10.1 Å². The first-order valence-corrected chi connectivity index (χ1v) is 7.01. The van der Waals surface area contributed by atoms with Crippen LogP contribution in [0, 0.1) is 6.92 Å². The summed E-state index contributed by atoms with van der Waals surface area (Å²) in [5.74, 6) is 1.79. The molecule has 0 saturated heterocycles. The lowest BCUT2D eigenvalue weighted by Gasteiger charge is -2.07. The molecule has 20 heavy (non-hydrogen) atoms. The second-order valence-electron chi connectivity index (χ2n) is 4.34. The fourth-order valence-electron chi connectivity index (χ4n) is 1.80. The van der Waals surface area contributed by atoms with Crippen molar-refractivity contribution in [2.75, 3.05) is 5.73 Å². The second-order valence-corrected chi connectivity index (χ2v) is 5.12. The number of benzene rings is 1. The number of nitrogens with zero attached hydrogens (tertiary/aromatic N) is 2. The zero-order chi connectivity index (χ0) is 13.9. The normalized spacial score (nSPS) is 10.7. The van der Waals surface area contributed by atoms with E-state index in [4.69, 9.17) is 15.0 Å². The van der Waals surface area contributed by atoms with Gasteiger partial charge in [-0.1, -0.05) is 5.16 Å². The molecule has 0 saturated carbocycles. The largest absolute Gasteiger partial charge is 0.483 e. The summed E-state index contributed by atoms with van der Waals surface area (Å²) in [6, 6.07) is 7.44. The lowest BCUT2D eigenvalue weighted by atomic mass is 10.2. The van der Waals surface area contributed by atoms with Crippen molar-refractivity contribution in [2.45, 2.75) is 13.5 Å². The summed E-state index contributed by atoms with van der Waals surface area (Å²) in [5, 5.41) is 7.87. The summed E-state index contributed by atoms with van der Waals surface area (Å²) in [7, 11) is 0. The van der Waals surface area contributed by atoms with E-state index in [1.54, 1.807) is 17.4 Å². The zero-order valence-electron chi connectivity index (χ0n) is 10.9. The first-order valence-electron chi connectivity index (χ1n) is 6.06. The lowest BCUT2D eigenvalue weighted by molar-refractivity contribution is 0.242. The minimum absolute atomic E-state index is 0.238. The molecule has 3 rings (SSSR count). The molecule has 5 nitrogen and oxygen atoms in total. The summed E-state index contributed by atoms with van der Waals surface area (Å²) in [5.41, 5.74) is 8.34. The number of aromatic nitrogens is 2. The third kappa shape index (κ3) is 2.65. The molecule has 0 aliphatic rings. The van der Waals surface area contributed by atoms with Crippen LogP contribution in [0.5, 0.6) is 5.75 Å². The van der Waals surface area contributed by atoms with Crippen LogP contribution in [0.15, 0.2) is 39.5 Å². The standard InChI is InChI=1S/C14H13N3O2S/c1-9-6-11(15)2-3-12(9)18-7-13-16-14(17-19-13)10-4-5-20-8-10/h2-6,8H,7,15H2,1H3. The van der Waals surface area contributed by atoms with E-state index in [1.165, 1.54) is 0 Å². The van der Waals surface area contributed by atoms with Crippen molar-refractivity contribution in [1.82, 2.24) is 10.1 Å². The smallest absolute Gasteiger partial charge is 0.264 e. The van der Waals surface area contributed by atoms with Crippen LogP contribution in [0.4, 0.5) is 5.69 Å². The molecule has 1 aromatic carbocycles. The Balaban J connectivity index is 1.70. The topological polar surface area (TPSA) is 74.2 Å². The summed E-state index contributed by atoms with van der Waals surface area (Å²) in [6.07, 6.45) is 0. The first kappa shape index (κ1) is 12.7. The third-order valence-electron chi connectivity index (χ3n) is 2.80. The highest BCUT2D eigenvalue weighted by Gasteiger charge is 2.10. The molecule has 2 heterocycles. The maximum atomic E-state index is 5.70. The number of nitrogens with two attached hydrogens (primary N) is 1. The summed E-state index contributed by atoms with van der Waals surface area (Å²) in [6.45, 7) is 2.18. The van der Waals surface area contributed by atoms with Crippen LogP contribution in [-0.2, 0) is 6.61 Å². The van der Waals surface area contributed by atoms with Gasteiger partial charge in [0, 0.05) is 16.6 Å². The summed E-state index contributed by atoms with van der Waals surface area (Å²) in [4.78, 5) is 4.29. The molecule has 0 unspecified atom stereocenters. The van der Waals surface area contributed by atoms with Crippen LogP contribution in [0.1, 0.15) is 11.5 Å². The zero-order valence-corrected chi connectivity index (χ0v) is 11.7. The number of nitrogen functional groups attached to an aromatic ring is 1. The minimum Gasteiger partial charge on any atom is -0.483 e. The van der Waals surface area contributed by atoms with Gasteiger partial charge in [0.25, 0.3) is 5.89 Å². The Morgan fingerprint density at radius 2 is 2.25 bits per heavy atom. The molecule has 2 aromatic heterocycles. The van der Waals surface area contributed by atoms with E-state index in [0.717, 1.165) is 16.9 Å². The molecule has 0 amide bonds. The Bertz CT molecular complexity index is 707. The van der Waals surface area contributed by atoms with E-state index in [9.17, 15) is 0 Å². The predicted molar refractivity (Wildman–Crippen MR) is 77.5 cm³/mol. The molecule has 102 valence electrons. The number of hydrogen-bond donors (Lipinski definition) is 1. The molecule has 0 aliphatic heterocycles. The van der Waals surface area contributed by atoms with E-state index in [0.29, 0.717) is 17.4 Å². The van der Waals surface area contributed by atoms with Crippen LogP contribution in [0.2, 0.25) is 0 Å². The summed E-state index contributed by atoms with van der Waals surface area (Å²) < 4.78 is 10.8. The van der Waals surface area contributed by atoms with Gasteiger partial charge in [0.15, 0.2) is 6.61 Å². The molecule has 0 fully saturated rings. The Labute approximate surface area is 120 Å². The number of aryl methyl sites for hydroxylation is 1. The molecule has 6 heteroatoms. The molecular formula is C14H13N3O2S. The van der Waals surface area contributed by atoms with Crippen molar-refractivity contribution < 1.29 is 9.26 Å². The Morgan fingerprint density at radius 1 is 1.35 bits per heavy atom. The number of thiophene rings is 1. The summed E-state index contributed by atoms with van der Waals surface area (Å²) >= 11 is 1.59. The van der Waals surface area contributed by atoms with E-state index in [-0.39, 0.29) is 6.61 Å². The second kappa shape index (κ2) is 5.34. The molecule has 0 spiro atoms. The van der Waals surface area contributed by atoms with Crippen LogP contribution in [-0.4, -0.2) is 10.1 Å². The Kier molecular flexibility index (Phi) is 3.39. The Hall–Kier alpha value is -2.34. The predicted octanol–water partition coefficient (Wildman–Crippen LogP) is 3.27. The van der Waals surface area contributed by atoms with Gasteiger partial charge in [-0.2, -0.15) is 16.3 Å². The number of ether oxygens (including phenoxy) is 1. The highest BCUT2D eigenvalue weighted by Crippen LogP contribution is 2.22. The van der Waals surface area contributed by atoms with Crippen molar-refractivity contribution >= 4 is 17.0 Å². The molecule has 0 bridgehead atoms. The molecular weight excluding hydrogens is 274 g/mol. The maximum Gasteiger partial charge on any atom is 0.264 e. The van der Waals surface area contributed by atoms with Crippen LogP contribution in [0.3, 0.4) is 0 Å². The average molecular weight is 287 g/mol. The molecule has 2 N–H and O–H groups in total. The van der Waals surface area contributed by atoms with Crippen molar-refractivity contribution in [3.05, 3.63) is 46.5 Å². The van der Waals surface area contributed by atoms with Gasteiger partial charge in [-0.05, 0) is 42.1 Å². The van der Waals surface area contributed by atoms with Crippen molar-refractivity contribution in [2.24, 2.45) is 0 Å². The highest BCUT2D eigenvalue weighted by atomic mass is 32.1. The fourth-order valence-corrected chi connectivity index (χ4v) is 2.43. The molecule has 0 radical (unpaired) electrons. The Morgan fingerprint density at radius 3 is 3.00 bits per heavy atom. The average Bonchev–Trinajstić information content (AvgIpc) is 3.08. The van der Waals surface area contributed by atoms with Gasteiger partial charge < -0.3 is 15.0 Å². The van der Waals surface area contributed by atoms with Gasteiger partial charge >= 0.3 is 0 Å². The van der Waals surface area contributed by atoms with Gasteiger partial charge in [0.2, 0.25) is 5.82 Å². The van der Waals surface area contributed by atoms with Gasteiger partial charge in [-0.25, -0.2) is 0 Å². The quantitative estimate of drug-likeness (QED) is 0.745. The third-order valence-corrected chi connectivity index (χ3v) is 3.48. The van der Waals surface area contributed by atoms with Crippen LogP contribution in [0.25, 0.3) is 11.4 Å². The number of hydrogen-bond acceptors (Lipinski definition) is 6. The fraction of sp³-hybridized carbons (Fsp3) is 0.143. The van der Waals surface area contributed by atoms with Gasteiger partial charge in [0.1, 0.15) is 5.75 Å². The maximum absolute atomic E-state index is 5.70. The SMILES string of the molecule is Cc1cc(N)ccc1OCc1nc(-c2ccsc2)no1.